The molecule has 1 aliphatic heterocycles. The average Bonchev–Trinajstić information content (AvgIpc) is 2.76. The molecule has 0 radical (unpaired) electrons. The number of sulfone groups is 1. The molecule has 0 saturated carbocycles. The van der Waals surface area contributed by atoms with Crippen molar-refractivity contribution in [1.82, 2.24) is 5.32 Å². The number of nitrogens with zero attached hydrogens (tertiary/aromatic N) is 1. The third-order valence-corrected chi connectivity index (χ3v) is 5.58. The monoisotopic (exact) mass is 296 g/mol. The summed E-state index contributed by atoms with van der Waals surface area (Å²) in [4.78, 5) is 2.13. The lowest BCUT2D eigenvalue weighted by Crippen LogP contribution is -2.34. The fourth-order valence-corrected chi connectivity index (χ4v) is 4.37. The zero-order valence-corrected chi connectivity index (χ0v) is 13.3. The Labute approximate surface area is 122 Å². The highest BCUT2D eigenvalue weighted by Crippen LogP contribution is 2.26. The van der Waals surface area contributed by atoms with E-state index in [1.165, 1.54) is 5.56 Å². The topological polar surface area (TPSA) is 49.4 Å². The van der Waals surface area contributed by atoms with Crippen LogP contribution in [0.5, 0.6) is 0 Å². The molecule has 112 valence electrons. The van der Waals surface area contributed by atoms with E-state index < -0.39 is 9.84 Å². The van der Waals surface area contributed by atoms with Crippen molar-refractivity contribution in [1.29, 1.82) is 0 Å². The first-order valence-corrected chi connectivity index (χ1v) is 8.96. The number of anilines is 1. The molecule has 1 N–H and O–H groups in total. The predicted molar refractivity (Wildman–Crippen MR) is 83.9 cm³/mol. The molecular formula is C15H24N2O2S. The van der Waals surface area contributed by atoms with Crippen LogP contribution in [0, 0.1) is 0 Å². The van der Waals surface area contributed by atoms with Crippen molar-refractivity contribution in [2.24, 2.45) is 0 Å². The van der Waals surface area contributed by atoms with E-state index in [0.717, 1.165) is 18.7 Å². The van der Waals surface area contributed by atoms with Crippen LogP contribution < -0.4 is 10.2 Å². The molecule has 0 aromatic heterocycles. The molecule has 1 aliphatic rings. The molecule has 0 aliphatic carbocycles. The second-order valence-electron chi connectivity index (χ2n) is 5.83. The minimum atomic E-state index is -2.84. The fourth-order valence-electron chi connectivity index (χ4n) is 2.60. The molecule has 1 aromatic carbocycles. The summed E-state index contributed by atoms with van der Waals surface area (Å²) in [5.74, 6) is 0.587. The number of nitrogens with one attached hydrogen (secondary N) is 1. The Morgan fingerprint density at radius 3 is 2.65 bits per heavy atom. The van der Waals surface area contributed by atoms with Crippen LogP contribution in [0.2, 0.25) is 0 Å². The van der Waals surface area contributed by atoms with Gasteiger partial charge in [-0.3, -0.25) is 0 Å². The van der Waals surface area contributed by atoms with E-state index in [-0.39, 0.29) is 11.8 Å². The van der Waals surface area contributed by atoms with E-state index in [1.807, 2.05) is 19.2 Å². The molecule has 0 amide bonds. The molecule has 1 aromatic rings. The van der Waals surface area contributed by atoms with E-state index in [4.69, 9.17) is 0 Å². The smallest absolute Gasteiger partial charge is 0.152 e. The van der Waals surface area contributed by atoms with Gasteiger partial charge in [0.05, 0.1) is 11.5 Å². The third kappa shape index (κ3) is 3.73. The SMILES string of the molecule is CC(C)NCc1ccccc1N(C)C1CCS(=O)(=O)C1. The Balaban J connectivity index is 2.15. The lowest BCUT2D eigenvalue weighted by molar-refractivity contribution is 0.586. The first kappa shape index (κ1) is 15.3. The quantitative estimate of drug-likeness (QED) is 0.900. The van der Waals surface area contributed by atoms with Crippen molar-refractivity contribution in [2.45, 2.75) is 38.9 Å². The summed E-state index contributed by atoms with van der Waals surface area (Å²) in [6.07, 6.45) is 0.727. The molecule has 1 saturated heterocycles. The van der Waals surface area contributed by atoms with Gasteiger partial charge in [0.1, 0.15) is 0 Å². The average molecular weight is 296 g/mol. The minimum absolute atomic E-state index is 0.0974. The molecule has 1 heterocycles. The van der Waals surface area contributed by atoms with Crippen molar-refractivity contribution >= 4 is 15.5 Å². The van der Waals surface area contributed by atoms with Gasteiger partial charge in [0.2, 0.25) is 0 Å². The maximum absolute atomic E-state index is 11.6. The summed E-state index contributed by atoms with van der Waals surface area (Å²) in [5, 5.41) is 3.42. The van der Waals surface area contributed by atoms with Crippen LogP contribution in [0.15, 0.2) is 24.3 Å². The highest BCUT2D eigenvalue weighted by atomic mass is 32.2. The Bertz CT molecular complexity index is 555. The molecular weight excluding hydrogens is 272 g/mol. The Kier molecular flexibility index (Phi) is 4.70. The summed E-state index contributed by atoms with van der Waals surface area (Å²) in [6.45, 7) is 5.05. The zero-order chi connectivity index (χ0) is 14.8. The summed E-state index contributed by atoms with van der Waals surface area (Å²) >= 11 is 0. The minimum Gasteiger partial charge on any atom is -0.370 e. The van der Waals surface area contributed by atoms with Crippen molar-refractivity contribution in [3.8, 4) is 0 Å². The van der Waals surface area contributed by atoms with Crippen molar-refractivity contribution in [3.05, 3.63) is 29.8 Å². The van der Waals surface area contributed by atoms with Crippen LogP contribution >= 0.6 is 0 Å². The van der Waals surface area contributed by atoms with Crippen LogP contribution in [0.4, 0.5) is 5.69 Å². The Hall–Kier alpha value is -1.07. The molecule has 20 heavy (non-hydrogen) atoms. The number of hydrogen-bond acceptors (Lipinski definition) is 4. The first-order chi connectivity index (χ1) is 9.39. The molecule has 1 atom stereocenters. The fraction of sp³-hybridized carbons (Fsp3) is 0.600. The molecule has 1 unspecified atom stereocenters. The molecule has 4 nitrogen and oxygen atoms in total. The maximum Gasteiger partial charge on any atom is 0.152 e. The number of para-hydroxylation sites is 1. The second kappa shape index (κ2) is 6.14. The molecule has 5 heteroatoms. The zero-order valence-electron chi connectivity index (χ0n) is 12.5. The molecule has 1 fully saturated rings. The van der Waals surface area contributed by atoms with Crippen LogP contribution in [0.1, 0.15) is 25.8 Å². The van der Waals surface area contributed by atoms with Crippen LogP contribution in [0.25, 0.3) is 0 Å². The van der Waals surface area contributed by atoms with Gasteiger partial charge in [-0.1, -0.05) is 32.0 Å². The van der Waals surface area contributed by atoms with E-state index in [2.05, 4.69) is 36.2 Å². The Morgan fingerprint density at radius 2 is 2.05 bits per heavy atom. The third-order valence-electron chi connectivity index (χ3n) is 3.83. The maximum atomic E-state index is 11.6. The van der Waals surface area contributed by atoms with Gasteiger partial charge >= 0.3 is 0 Å². The predicted octanol–water partition coefficient (Wildman–Crippen LogP) is 1.81. The summed E-state index contributed by atoms with van der Waals surface area (Å²) < 4.78 is 23.3. The lowest BCUT2D eigenvalue weighted by atomic mass is 10.1. The summed E-state index contributed by atoms with van der Waals surface area (Å²) in [7, 11) is -0.845. The number of rotatable bonds is 5. The van der Waals surface area contributed by atoms with Crippen molar-refractivity contribution in [2.75, 3.05) is 23.5 Å². The van der Waals surface area contributed by atoms with Crippen molar-refractivity contribution in [3.63, 3.8) is 0 Å². The standard InChI is InChI=1S/C15H24N2O2S/c1-12(2)16-10-13-6-4-5-7-15(13)17(3)14-8-9-20(18,19)11-14/h4-7,12,14,16H,8-11H2,1-3H3. The van der Waals surface area contributed by atoms with E-state index in [1.54, 1.807) is 0 Å². The highest BCUT2D eigenvalue weighted by Gasteiger charge is 2.31. The lowest BCUT2D eigenvalue weighted by Gasteiger charge is -2.28. The second-order valence-corrected chi connectivity index (χ2v) is 8.06. The van der Waals surface area contributed by atoms with Crippen LogP contribution in [0.3, 0.4) is 0 Å². The van der Waals surface area contributed by atoms with E-state index in [9.17, 15) is 8.42 Å². The van der Waals surface area contributed by atoms with E-state index in [0.29, 0.717) is 11.8 Å². The highest BCUT2D eigenvalue weighted by molar-refractivity contribution is 7.91. The molecule has 2 rings (SSSR count). The normalized spacial score (nSPS) is 21.3. The summed E-state index contributed by atoms with van der Waals surface area (Å²) in [5.41, 5.74) is 2.34. The van der Waals surface area contributed by atoms with Crippen LogP contribution in [-0.4, -0.2) is 39.1 Å². The first-order valence-electron chi connectivity index (χ1n) is 7.13. The summed E-state index contributed by atoms with van der Waals surface area (Å²) in [6, 6.07) is 8.74. The largest absolute Gasteiger partial charge is 0.370 e. The Morgan fingerprint density at radius 1 is 1.35 bits per heavy atom. The number of benzene rings is 1. The van der Waals surface area contributed by atoms with Gasteiger partial charge in [-0.05, 0) is 18.1 Å². The number of hydrogen-bond donors (Lipinski definition) is 1. The van der Waals surface area contributed by atoms with E-state index >= 15 is 0 Å². The van der Waals surface area contributed by atoms with Gasteiger partial charge in [-0.2, -0.15) is 0 Å². The van der Waals surface area contributed by atoms with Gasteiger partial charge in [0, 0.05) is 31.4 Å². The van der Waals surface area contributed by atoms with Crippen LogP contribution in [-0.2, 0) is 16.4 Å². The van der Waals surface area contributed by atoms with Gasteiger partial charge < -0.3 is 10.2 Å². The van der Waals surface area contributed by atoms with Gasteiger partial charge in [0.15, 0.2) is 9.84 Å². The van der Waals surface area contributed by atoms with Gasteiger partial charge in [-0.25, -0.2) is 8.42 Å². The molecule has 0 bridgehead atoms. The van der Waals surface area contributed by atoms with Gasteiger partial charge in [-0.15, -0.1) is 0 Å². The van der Waals surface area contributed by atoms with Gasteiger partial charge in [0.25, 0.3) is 0 Å². The molecule has 0 spiro atoms. The van der Waals surface area contributed by atoms with Crippen molar-refractivity contribution < 1.29 is 8.42 Å².